The fourth-order valence-corrected chi connectivity index (χ4v) is 6.58. The van der Waals surface area contributed by atoms with Crippen molar-refractivity contribution in [2.45, 2.75) is 56.0 Å². The van der Waals surface area contributed by atoms with Gasteiger partial charge in [0.15, 0.2) is 41.6 Å². The summed E-state index contributed by atoms with van der Waals surface area (Å²) in [6, 6.07) is 0. The molecule has 20 nitrogen and oxygen atoms in total. The first kappa shape index (κ1) is 29.0. The zero-order chi connectivity index (χ0) is 30.7. The maximum absolute atomic E-state index is 13.1. The summed E-state index contributed by atoms with van der Waals surface area (Å²) in [6.45, 7) is -0.824. The Bertz CT molecular complexity index is 1770. The number of aliphatic hydroxyl groups is 2. The van der Waals surface area contributed by atoms with Crippen molar-refractivity contribution < 1.29 is 47.7 Å². The van der Waals surface area contributed by atoms with E-state index < -0.39 is 63.5 Å². The molecule has 3 aliphatic heterocycles. The maximum Gasteiger partial charge on any atom is 0.472 e. The van der Waals surface area contributed by atoms with Gasteiger partial charge in [0.1, 0.15) is 47.9 Å². The Morgan fingerprint density at radius 2 is 1.52 bits per heavy atom. The molecule has 7 rings (SSSR count). The Morgan fingerprint density at radius 1 is 0.886 bits per heavy atom. The molecule has 9 atom stereocenters. The van der Waals surface area contributed by atoms with E-state index in [1.54, 1.807) is 0 Å². The lowest BCUT2D eigenvalue weighted by atomic mass is 9.93. The first-order valence-corrected chi connectivity index (χ1v) is 14.9. The van der Waals surface area contributed by atoms with Crippen LogP contribution in [-0.2, 0) is 32.6 Å². The molecule has 3 saturated heterocycles. The highest BCUT2D eigenvalue weighted by Gasteiger charge is 2.52. The van der Waals surface area contributed by atoms with E-state index in [0.29, 0.717) is 11.2 Å². The molecule has 21 heteroatoms. The van der Waals surface area contributed by atoms with Crippen molar-refractivity contribution in [1.82, 2.24) is 39.0 Å². The fourth-order valence-electron chi connectivity index (χ4n) is 5.65. The number of aromatic nitrogens is 8. The molecule has 0 spiro atoms. The van der Waals surface area contributed by atoms with E-state index in [-0.39, 0.29) is 48.0 Å². The summed E-state index contributed by atoms with van der Waals surface area (Å²) in [4.78, 5) is 48.3. The van der Waals surface area contributed by atoms with Crippen LogP contribution in [0.1, 0.15) is 25.3 Å². The fraction of sp³-hybridized carbons (Fsp3) is 0.522. The minimum absolute atomic E-state index is 0.0960. The number of carbonyl (C=O) groups excluding carboxylic acids is 1. The van der Waals surface area contributed by atoms with Gasteiger partial charge in [-0.15, -0.1) is 0 Å². The largest absolute Gasteiger partial charge is 0.472 e. The molecule has 2 bridgehead atoms. The molecule has 7 heterocycles. The van der Waals surface area contributed by atoms with E-state index in [1.807, 2.05) is 0 Å². The molecule has 3 aliphatic rings. The standard InChI is InChI=1S/C23H27N10O10P/c24-17-12-19(28-5-26-17)32(7-30-12)21-10-3-9(34)1-2-39-23-16(43-44(37,38)40-4-11(41-21)14(10)35)15(36)22(42-23)33-8-31-13-18(25)27-6-29-20(13)33/h5-8,10-11,14-16,21-23,35-36H,1-4H2,(H,37,38)(H2,24,26,28)(H2,25,27,29). The molecule has 0 saturated carbocycles. The monoisotopic (exact) mass is 634 g/mol. The highest BCUT2D eigenvalue weighted by Crippen LogP contribution is 2.50. The average Bonchev–Trinajstić information content (AvgIpc) is 3.74. The van der Waals surface area contributed by atoms with Gasteiger partial charge in [0.2, 0.25) is 0 Å². The van der Waals surface area contributed by atoms with Crippen LogP contribution >= 0.6 is 7.82 Å². The van der Waals surface area contributed by atoms with Crippen molar-refractivity contribution >= 4 is 47.6 Å². The van der Waals surface area contributed by atoms with Gasteiger partial charge in [0.05, 0.1) is 32.0 Å². The second-order valence-corrected chi connectivity index (χ2v) is 11.9. The molecule has 3 fully saturated rings. The van der Waals surface area contributed by atoms with Gasteiger partial charge in [-0.3, -0.25) is 23.0 Å². The lowest BCUT2D eigenvalue weighted by molar-refractivity contribution is -0.176. The Labute approximate surface area is 246 Å². The smallest absolute Gasteiger partial charge is 0.390 e. The molecule has 0 radical (unpaired) electrons. The molecule has 44 heavy (non-hydrogen) atoms. The summed E-state index contributed by atoms with van der Waals surface area (Å²) >= 11 is 0. The molecule has 7 N–H and O–H groups in total. The molecule has 0 aromatic carbocycles. The zero-order valence-electron chi connectivity index (χ0n) is 22.6. The molecule has 234 valence electrons. The summed E-state index contributed by atoms with van der Waals surface area (Å²) in [6.07, 6.45) is -4.33. The number of anilines is 2. The van der Waals surface area contributed by atoms with Gasteiger partial charge in [0, 0.05) is 18.8 Å². The van der Waals surface area contributed by atoms with Gasteiger partial charge in [-0.1, -0.05) is 0 Å². The number of fused-ring (bicyclic) bond motifs is 5. The van der Waals surface area contributed by atoms with Gasteiger partial charge >= 0.3 is 7.82 Å². The van der Waals surface area contributed by atoms with Crippen LogP contribution in [0.3, 0.4) is 0 Å². The molecule has 0 aliphatic carbocycles. The average molecular weight is 635 g/mol. The van der Waals surface area contributed by atoms with Crippen LogP contribution in [0.25, 0.3) is 22.3 Å². The van der Waals surface area contributed by atoms with E-state index in [1.165, 1.54) is 34.4 Å². The van der Waals surface area contributed by atoms with Crippen molar-refractivity contribution in [2.24, 2.45) is 5.92 Å². The molecule has 4 aromatic rings. The predicted molar refractivity (Wildman–Crippen MR) is 144 cm³/mol. The Hall–Kier alpha value is -3.72. The second kappa shape index (κ2) is 11.0. The Morgan fingerprint density at radius 3 is 2.18 bits per heavy atom. The van der Waals surface area contributed by atoms with Crippen molar-refractivity contribution in [1.29, 1.82) is 0 Å². The normalized spacial score (nSPS) is 35.2. The van der Waals surface area contributed by atoms with Gasteiger partial charge in [-0.05, 0) is 0 Å². The van der Waals surface area contributed by atoms with Crippen LogP contribution in [-0.4, -0.2) is 104 Å². The minimum atomic E-state index is -4.93. The summed E-state index contributed by atoms with van der Waals surface area (Å²) in [5, 5.41) is 22.3. The van der Waals surface area contributed by atoms with Gasteiger partial charge in [-0.25, -0.2) is 34.5 Å². The minimum Gasteiger partial charge on any atom is -0.390 e. The van der Waals surface area contributed by atoms with E-state index in [0.717, 1.165) is 0 Å². The quantitative estimate of drug-likeness (QED) is 0.162. The number of hydrogen-bond acceptors (Lipinski definition) is 17. The molecule has 9 unspecified atom stereocenters. The zero-order valence-corrected chi connectivity index (χ0v) is 23.5. The van der Waals surface area contributed by atoms with Crippen LogP contribution < -0.4 is 11.5 Å². The van der Waals surface area contributed by atoms with Gasteiger partial charge < -0.3 is 40.8 Å². The van der Waals surface area contributed by atoms with Crippen LogP contribution in [0.5, 0.6) is 0 Å². The predicted octanol–water partition coefficient (Wildman–Crippen LogP) is -1.20. The molecular weight excluding hydrogens is 607 g/mol. The Balaban J connectivity index is 1.15. The number of carbonyl (C=O) groups is 1. The van der Waals surface area contributed by atoms with Crippen LogP contribution in [0.4, 0.5) is 11.6 Å². The van der Waals surface area contributed by atoms with Crippen LogP contribution in [0.2, 0.25) is 0 Å². The number of phosphoric acid groups is 1. The number of nitrogen functional groups attached to an aromatic ring is 2. The number of ketones is 1. The van der Waals surface area contributed by atoms with Crippen molar-refractivity contribution in [3.63, 3.8) is 0 Å². The summed E-state index contributed by atoms with van der Waals surface area (Å²) < 4.78 is 44.2. The third-order valence-corrected chi connectivity index (χ3v) is 8.76. The topological polar surface area (TPSA) is 280 Å². The number of hydrogen-bond donors (Lipinski definition) is 5. The van der Waals surface area contributed by atoms with Crippen LogP contribution in [0.15, 0.2) is 25.3 Å². The lowest BCUT2D eigenvalue weighted by Crippen LogP contribution is -2.36. The van der Waals surface area contributed by atoms with E-state index in [2.05, 4.69) is 29.9 Å². The highest BCUT2D eigenvalue weighted by molar-refractivity contribution is 7.47. The summed E-state index contributed by atoms with van der Waals surface area (Å²) in [7, 11) is -4.93. The van der Waals surface area contributed by atoms with E-state index >= 15 is 0 Å². The van der Waals surface area contributed by atoms with Crippen LogP contribution in [0, 0.1) is 5.92 Å². The second-order valence-electron chi connectivity index (χ2n) is 10.5. The SMILES string of the molecule is Nc1ncnc2c1ncn2C1OC2OCCC(=O)CC3C(O)C(COP(=O)(O)OC2C1O)OC3n1cnc2c(N)ncnc21. The lowest BCUT2D eigenvalue weighted by Gasteiger charge is -2.24. The summed E-state index contributed by atoms with van der Waals surface area (Å²) in [5.74, 6) is -0.881. The number of Topliss-reactive ketones (excluding diaryl/α,β-unsaturated/α-hetero) is 1. The number of phosphoric ester groups is 1. The summed E-state index contributed by atoms with van der Waals surface area (Å²) in [5.41, 5.74) is 12.8. The van der Waals surface area contributed by atoms with Crippen molar-refractivity contribution in [3.8, 4) is 0 Å². The molecular formula is C23H27N10O10P. The number of imidazole rings is 2. The molecule has 0 amide bonds. The third-order valence-electron chi connectivity index (χ3n) is 7.78. The first-order valence-electron chi connectivity index (χ1n) is 13.4. The number of aliphatic hydroxyl groups excluding tert-OH is 2. The number of nitrogens with two attached hydrogens (primary N) is 2. The van der Waals surface area contributed by atoms with Gasteiger partial charge in [0.25, 0.3) is 0 Å². The first-order chi connectivity index (χ1) is 21.1. The number of ether oxygens (including phenoxy) is 3. The number of rotatable bonds is 2. The highest BCUT2D eigenvalue weighted by atomic mass is 31.2. The van der Waals surface area contributed by atoms with E-state index in [4.69, 9.17) is 34.7 Å². The number of nitrogens with zero attached hydrogens (tertiary/aromatic N) is 8. The van der Waals surface area contributed by atoms with E-state index in [9.17, 15) is 24.5 Å². The third kappa shape index (κ3) is 4.99. The molecule has 4 aromatic heterocycles. The van der Waals surface area contributed by atoms with Crippen molar-refractivity contribution in [3.05, 3.63) is 25.3 Å². The Kier molecular flexibility index (Phi) is 7.27. The maximum atomic E-state index is 13.1. The van der Waals surface area contributed by atoms with Gasteiger partial charge in [-0.2, -0.15) is 0 Å². The van der Waals surface area contributed by atoms with Crippen molar-refractivity contribution in [2.75, 3.05) is 24.7 Å².